The normalized spacial score (nSPS) is 14.4. The van der Waals surface area contributed by atoms with Gasteiger partial charge < -0.3 is 15.4 Å². The van der Waals surface area contributed by atoms with Gasteiger partial charge in [-0.05, 0) is 41.6 Å². The quantitative estimate of drug-likeness (QED) is 0.364. The SMILES string of the molecule is COc1ccc([C@H](NC(=O)c2ccc3cnc(NC4C(=O)SC4=O)nc3c2)c2cnn(C)c2)cc1F. The third-order valence-electron chi connectivity index (χ3n) is 5.63. The molecule has 10 nitrogen and oxygen atoms in total. The molecule has 182 valence electrons. The number of rotatable bonds is 7. The summed E-state index contributed by atoms with van der Waals surface area (Å²) >= 11 is 0.642. The number of amides is 1. The maximum atomic E-state index is 14.5. The van der Waals surface area contributed by atoms with Gasteiger partial charge in [0.05, 0.1) is 24.9 Å². The number of fused-ring (bicyclic) bond motifs is 1. The number of carbonyl (C=O) groups excluding carboxylic acids is 3. The van der Waals surface area contributed by atoms with Gasteiger partial charge in [0.2, 0.25) is 16.2 Å². The highest BCUT2D eigenvalue weighted by molar-refractivity contribution is 8.29. The summed E-state index contributed by atoms with van der Waals surface area (Å²) in [6.07, 6.45) is 4.87. The lowest BCUT2D eigenvalue weighted by Gasteiger charge is -2.21. The molecule has 2 aromatic carbocycles. The van der Waals surface area contributed by atoms with E-state index in [2.05, 4.69) is 25.7 Å². The van der Waals surface area contributed by atoms with E-state index in [0.717, 1.165) is 0 Å². The van der Waals surface area contributed by atoms with E-state index in [1.807, 2.05) is 0 Å². The lowest BCUT2D eigenvalue weighted by Crippen LogP contribution is -2.44. The predicted octanol–water partition coefficient (Wildman–Crippen LogP) is 2.61. The first kappa shape index (κ1) is 23.4. The minimum Gasteiger partial charge on any atom is -0.494 e. The van der Waals surface area contributed by atoms with Crippen LogP contribution >= 0.6 is 11.8 Å². The number of hydrogen-bond acceptors (Lipinski definition) is 9. The van der Waals surface area contributed by atoms with Crippen LogP contribution in [0.4, 0.5) is 10.3 Å². The van der Waals surface area contributed by atoms with E-state index in [9.17, 15) is 18.8 Å². The molecule has 4 aromatic rings. The molecule has 5 rings (SSSR count). The summed E-state index contributed by atoms with van der Waals surface area (Å²) in [6, 6.07) is 7.72. The van der Waals surface area contributed by atoms with Crippen LogP contribution in [0.5, 0.6) is 5.75 Å². The summed E-state index contributed by atoms with van der Waals surface area (Å²) in [5, 5.41) is 9.89. The molecule has 0 radical (unpaired) electrons. The van der Waals surface area contributed by atoms with Gasteiger partial charge in [-0.2, -0.15) is 5.10 Å². The zero-order valence-electron chi connectivity index (χ0n) is 19.1. The summed E-state index contributed by atoms with van der Waals surface area (Å²) < 4.78 is 21.0. The number of benzene rings is 2. The molecule has 0 aliphatic carbocycles. The fraction of sp³-hybridized carbons (Fsp3) is 0.167. The van der Waals surface area contributed by atoms with Gasteiger partial charge in [0.25, 0.3) is 5.91 Å². The van der Waals surface area contributed by atoms with E-state index in [4.69, 9.17) is 4.74 Å². The van der Waals surface area contributed by atoms with Gasteiger partial charge in [-0.25, -0.2) is 14.4 Å². The molecule has 1 aliphatic heterocycles. The Labute approximate surface area is 208 Å². The molecule has 1 aliphatic rings. The lowest BCUT2D eigenvalue weighted by molar-refractivity contribution is -0.122. The van der Waals surface area contributed by atoms with E-state index >= 15 is 0 Å². The summed E-state index contributed by atoms with van der Waals surface area (Å²) in [7, 11) is 3.12. The lowest BCUT2D eigenvalue weighted by atomic mass is 10.0. The fourth-order valence-corrected chi connectivity index (χ4v) is 4.34. The van der Waals surface area contributed by atoms with E-state index in [1.54, 1.807) is 48.4 Å². The molecule has 2 N–H and O–H groups in total. The molecular formula is C24H19FN6O4S. The molecule has 1 saturated heterocycles. The van der Waals surface area contributed by atoms with Crippen LogP contribution in [0.25, 0.3) is 10.9 Å². The average molecular weight is 507 g/mol. The van der Waals surface area contributed by atoms with Crippen molar-refractivity contribution in [3.63, 3.8) is 0 Å². The molecular weight excluding hydrogens is 487 g/mol. The number of nitrogens with zero attached hydrogens (tertiary/aromatic N) is 4. The Morgan fingerprint density at radius 2 is 1.94 bits per heavy atom. The number of thioether (sulfide) groups is 1. The topological polar surface area (TPSA) is 128 Å². The third kappa shape index (κ3) is 4.50. The van der Waals surface area contributed by atoms with Crippen LogP contribution < -0.4 is 15.4 Å². The summed E-state index contributed by atoms with van der Waals surface area (Å²) in [6.45, 7) is 0. The molecule has 12 heteroatoms. The molecule has 0 bridgehead atoms. The maximum absolute atomic E-state index is 14.5. The van der Waals surface area contributed by atoms with E-state index in [0.29, 0.717) is 39.4 Å². The maximum Gasteiger partial charge on any atom is 0.252 e. The second-order valence-corrected chi connectivity index (χ2v) is 9.04. The second kappa shape index (κ2) is 9.38. The zero-order chi connectivity index (χ0) is 25.4. The Bertz CT molecular complexity index is 1510. The number of aryl methyl sites for hydroxylation is 1. The van der Waals surface area contributed by atoms with Crippen LogP contribution in [-0.2, 0) is 16.6 Å². The van der Waals surface area contributed by atoms with Gasteiger partial charge in [0, 0.05) is 36.0 Å². The van der Waals surface area contributed by atoms with Crippen LogP contribution in [0.2, 0.25) is 0 Å². The van der Waals surface area contributed by atoms with Crippen LogP contribution in [0.15, 0.2) is 55.0 Å². The van der Waals surface area contributed by atoms with E-state index < -0.39 is 23.8 Å². The highest BCUT2D eigenvalue weighted by Crippen LogP contribution is 2.28. The van der Waals surface area contributed by atoms with Crippen molar-refractivity contribution in [2.75, 3.05) is 12.4 Å². The van der Waals surface area contributed by atoms with Gasteiger partial charge in [0.1, 0.15) is 0 Å². The Morgan fingerprint density at radius 3 is 2.61 bits per heavy atom. The van der Waals surface area contributed by atoms with Crippen molar-refractivity contribution in [2.45, 2.75) is 12.1 Å². The average Bonchev–Trinajstić information content (AvgIpc) is 3.31. The van der Waals surface area contributed by atoms with Gasteiger partial charge in [-0.1, -0.05) is 12.1 Å². The second-order valence-electron chi connectivity index (χ2n) is 8.03. The highest BCUT2D eigenvalue weighted by Gasteiger charge is 2.40. The molecule has 0 unspecified atom stereocenters. The van der Waals surface area contributed by atoms with Gasteiger partial charge in [-0.3, -0.25) is 19.1 Å². The Hall–Kier alpha value is -4.32. The number of carbonyl (C=O) groups is 3. The fourth-order valence-electron chi connectivity index (χ4n) is 3.76. The van der Waals surface area contributed by atoms with Crippen molar-refractivity contribution < 1.29 is 23.5 Å². The van der Waals surface area contributed by atoms with Crippen molar-refractivity contribution in [3.05, 3.63) is 77.5 Å². The van der Waals surface area contributed by atoms with Crippen molar-refractivity contribution in [1.82, 2.24) is 25.1 Å². The highest BCUT2D eigenvalue weighted by atomic mass is 32.2. The van der Waals surface area contributed by atoms with Crippen LogP contribution in [0, 0.1) is 5.82 Å². The number of hydrogen-bond donors (Lipinski definition) is 2. The first-order valence-electron chi connectivity index (χ1n) is 10.7. The van der Waals surface area contributed by atoms with Crippen molar-refractivity contribution in [2.24, 2.45) is 7.05 Å². The predicted molar refractivity (Wildman–Crippen MR) is 130 cm³/mol. The standard InChI is InChI=1S/C24H19FN6O4S/c1-31-11-15(10-27-31)19(12-5-6-18(35-2)16(25)7-12)29-21(32)13-3-4-14-9-26-24(28-17(14)8-13)30-20-22(33)36-23(20)34/h3-11,19-20H,1-2H3,(H,29,32)(H,26,28,30)/t19-/m0/s1. The Kier molecular flexibility index (Phi) is 6.10. The zero-order valence-corrected chi connectivity index (χ0v) is 19.9. The number of nitrogens with one attached hydrogen (secondary N) is 2. The van der Waals surface area contributed by atoms with Gasteiger partial charge in [-0.15, -0.1) is 0 Å². The van der Waals surface area contributed by atoms with E-state index in [1.165, 1.54) is 25.4 Å². The Balaban J connectivity index is 1.43. The number of anilines is 1. The monoisotopic (exact) mass is 506 g/mol. The van der Waals surface area contributed by atoms with E-state index in [-0.39, 0.29) is 21.9 Å². The summed E-state index contributed by atoms with van der Waals surface area (Å²) in [4.78, 5) is 44.9. The largest absolute Gasteiger partial charge is 0.494 e. The Morgan fingerprint density at radius 1 is 1.14 bits per heavy atom. The van der Waals surface area contributed by atoms with Crippen LogP contribution in [0.1, 0.15) is 27.5 Å². The van der Waals surface area contributed by atoms with Crippen LogP contribution in [-0.4, -0.2) is 49.0 Å². The third-order valence-corrected chi connectivity index (χ3v) is 6.51. The number of halogens is 1. The molecule has 1 amide bonds. The molecule has 2 aromatic heterocycles. The molecule has 3 heterocycles. The number of methoxy groups -OCH3 is 1. The minimum atomic E-state index is -0.968. The minimum absolute atomic E-state index is 0.0949. The van der Waals surface area contributed by atoms with Crippen molar-refractivity contribution in [3.8, 4) is 5.75 Å². The smallest absolute Gasteiger partial charge is 0.252 e. The van der Waals surface area contributed by atoms with Crippen molar-refractivity contribution in [1.29, 1.82) is 0 Å². The van der Waals surface area contributed by atoms with Gasteiger partial charge in [0.15, 0.2) is 17.6 Å². The molecule has 0 spiro atoms. The first-order valence-corrected chi connectivity index (χ1v) is 11.6. The number of aromatic nitrogens is 4. The molecule has 1 atom stereocenters. The summed E-state index contributed by atoms with van der Waals surface area (Å²) in [5.74, 6) is -0.773. The first-order chi connectivity index (χ1) is 17.3. The van der Waals surface area contributed by atoms with Crippen LogP contribution in [0.3, 0.4) is 0 Å². The number of ether oxygens (including phenoxy) is 1. The molecule has 0 saturated carbocycles. The van der Waals surface area contributed by atoms with Crippen molar-refractivity contribution >= 4 is 44.8 Å². The summed E-state index contributed by atoms with van der Waals surface area (Å²) in [5.41, 5.74) is 1.93. The van der Waals surface area contributed by atoms with Gasteiger partial charge >= 0.3 is 0 Å². The molecule has 1 fully saturated rings. The molecule has 36 heavy (non-hydrogen) atoms.